The van der Waals surface area contributed by atoms with Gasteiger partial charge in [0.25, 0.3) is 5.91 Å². The molecule has 3 aromatic carbocycles. The fourth-order valence-corrected chi connectivity index (χ4v) is 4.67. The maximum atomic E-state index is 13.6. The first-order valence-corrected chi connectivity index (χ1v) is 11.0. The molecule has 5 nitrogen and oxygen atoms in total. The second-order valence-electron chi connectivity index (χ2n) is 7.91. The molecular weight excluding hydrogens is 470 g/mol. The Morgan fingerprint density at radius 3 is 2.53 bits per heavy atom. The third-order valence-electron chi connectivity index (χ3n) is 5.80. The van der Waals surface area contributed by atoms with Crippen LogP contribution in [0.25, 0.3) is 11.0 Å². The molecule has 1 amide bonds. The summed E-state index contributed by atoms with van der Waals surface area (Å²) in [6, 6.07) is 20.1. The summed E-state index contributed by atoms with van der Waals surface area (Å²) in [6.07, 6.45) is 0. The van der Waals surface area contributed by atoms with E-state index in [9.17, 15) is 9.59 Å². The molecular formula is C26H20BrNO4. The van der Waals surface area contributed by atoms with Gasteiger partial charge in [-0.25, -0.2) is 0 Å². The van der Waals surface area contributed by atoms with Crippen molar-refractivity contribution < 1.29 is 13.9 Å². The average Bonchev–Trinajstić information content (AvgIpc) is 3.07. The lowest BCUT2D eigenvalue weighted by Gasteiger charge is -2.25. The first-order valence-electron chi connectivity index (χ1n) is 10.2. The molecule has 160 valence electrons. The van der Waals surface area contributed by atoms with Gasteiger partial charge in [-0.15, -0.1) is 0 Å². The lowest BCUT2D eigenvalue weighted by Crippen LogP contribution is -2.29. The Morgan fingerprint density at radius 2 is 1.81 bits per heavy atom. The Kier molecular flexibility index (Phi) is 5.10. The summed E-state index contributed by atoms with van der Waals surface area (Å²) < 4.78 is 12.1. The van der Waals surface area contributed by atoms with Gasteiger partial charge in [-0.2, -0.15) is 0 Å². The summed E-state index contributed by atoms with van der Waals surface area (Å²) in [7, 11) is 1.61. The molecule has 0 spiro atoms. The molecule has 1 aromatic heterocycles. The van der Waals surface area contributed by atoms with E-state index in [2.05, 4.69) is 15.9 Å². The molecule has 0 fully saturated rings. The van der Waals surface area contributed by atoms with Crippen molar-refractivity contribution >= 4 is 32.8 Å². The summed E-state index contributed by atoms with van der Waals surface area (Å²) in [5.41, 5.74) is 3.38. The van der Waals surface area contributed by atoms with Gasteiger partial charge in [0.2, 0.25) is 5.76 Å². The number of ether oxygens (including phenoxy) is 1. The van der Waals surface area contributed by atoms with Crippen LogP contribution in [0.2, 0.25) is 0 Å². The molecule has 2 heterocycles. The van der Waals surface area contributed by atoms with Crippen LogP contribution in [0.4, 0.5) is 0 Å². The monoisotopic (exact) mass is 489 g/mol. The van der Waals surface area contributed by atoms with E-state index in [1.165, 1.54) is 0 Å². The van der Waals surface area contributed by atoms with Crippen LogP contribution in [0.15, 0.2) is 80.4 Å². The molecule has 0 bridgehead atoms. The van der Waals surface area contributed by atoms with Crippen LogP contribution in [0.5, 0.6) is 5.75 Å². The van der Waals surface area contributed by atoms with Crippen LogP contribution in [0.3, 0.4) is 0 Å². The molecule has 0 saturated heterocycles. The topological polar surface area (TPSA) is 59.8 Å². The molecule has 1 aliphatic rings. The van der Waals surface area contributed by atoms with Crippen LogP contribution in [-0.4, -0.2) is 17.9 Å². The number of rotatable bonds is 4. The Labute approximate surface area is 193 Å². The number of benzene rings is 3. The molecule has 1 atom stereocenters. The predicted molar refractivity (Wildman–Crippen MR) is 126 cm³/mol. The minimum Gasteiger partial charge on any atom is -0.497 e. The first kappa shape index (κ1) is 20.5. The van der Waals surface area contributed by atoms with Crippen LogP contribution < -0.4 is 10.2 Å². The van der Waals surface area contributed by atoms with Crippen molar-refractivity contribution in [1.29, 1.82) is 0 Å². The molecule has 0 N–H and O–H groups in total. The maximum Gasteiger partial charge on any atom is 0.291 e. The molecule has 0 aliphatic carbocycles. The SMILES string of the molecule is COc1ccc(CN2C(=O)c3oc4ccc(C)cc4c(=O)c3C2c2cccc(Br)c2)cc1. The third-order valence-corrected chi connectivity index (χ3v) is 6.29. The van der Waals surface area contributed by atoms with E-state index in [1.807, 2.05) is 67.6 Å². The summed E-state index contributed by atoms with van der Waals surface area (Å²) in [5.74, 6) is 0.567. The second kappa shape index (κ2) is 7.95. The second-order valence-corrected chi connectivity index (χ2v) is 8.83. The molecule has 5 rings (SSSR count). The summed E-state index contributed by atoms with van der Waals surface area (Å²) >= 11 is 3.52. The van der Waals surface area contributed by atoms with E-state index in [0.29, 0.717) is 23.1 Å². The Bertz CT molecular complexity index is 1410. The third kappa shape index (κ3) is 3.41. The van der Waals surface area contributed by atoms with Gasteiger partial charge in [-0.3, -0.25) is 9.59 Å². The number of hydrogen-bond donors (Lipinski definition) is 0. The highest BCUT2D eigenvalue weighted by atomic mass is 79.9. The van der Waals surface area contributed by atoms with E-state index >= 15 is 0 Å². The summed E-state index contributed by atoms with van der Waals surface area (Å²) in [4.78, 5) is 28.8. The Morgan fingerprint density at radius 1 is 1.03 bits per heavy atom. The molecule has 6 heteroatoms. The molecule has 32 heavy (non-hydrogen) atoms. The van der Waals surface area contributed by atoms with Crippen LogP contribution >= 0.6 is 15.9 Å². The van der Waals surface area contributed by atoms with E-state index in [0.717, 1.165) is 26.9 Å². The van der Waals surface area contributed by atoms with E-state index in [-0.39, 0.29) is 17.1 Å². The van der Waals surface area contributed by atoms with Crippen LogP contribution in [-0.2, 0) is 6.54 Å². The van der Waals surface area contributed by atoms with Gasteiger partial charge in [-0.1, -0.05) is 51.8 Å². The van der Waals surface area contributed by atoms with E-state index < -0.39 is 6.04 Å². The van der Waals surface area contributed by atoms with Crippen LogP contribution in [0.1, 0.15) is 38.9 Å². The Balaban J connectivity index is 1.70. The number of amides is 1. The van der Waals surface area contributed by atoms with Gasteiger partial charge < -0.3 is 14.1 Å². The maximum absolute atomic E-state index is 13.6. The van der Waals surface area contributed by atoms with Crippen LogP contribution in [0, 0.1) is 6.92 Å². The Hall–Kier alpha value is -3.38. The average molecular weight is 490 g/mol. The number of carbonyl (C=O) groups excluding carboxylic acids is 1. The lowest BCUT2D eigenvalue weighted by atomic mass is 9.98. The number of hydrogen-bond acceptors (Lipinski definition) is 4. The first-order chi connectivity index (χ1) is 15.5. The number of halogens is 1. The van der Waals surface area contributed by atoms with Gasteiger partial charge in [0.1, 0.15) is 11.3 Å². The van der Waals surface area contributed by atoms with Gasteiger partial charge in [0, 0.05) is 11.0 Å². The summed E-state index contributed by atoms with van der Waals surface area (Å²) in [6.45, 7) is 2.26. The van der Waals surface area contributed by atoms with Crippen molar-refractivity contribution in [2.24, 2.45) is 0 Å². The van der Waals surface area contributed by atoms with Crippen molar-refractivity contribution in [2.75, 3.05) is 7.11 Å². The number of nitrogens with zero attached hydrogens (tertiary/aromatic N) is 1. The fraction of sp³-hybridized carbons (Fsp3) is 0.154. The molecule has 4 aromatic rings. The van der Waals surface area contributed by atoms with Crippen molar-refractivity contribution in [2.45, 2.75) is 19.5 Å². The quantitative estimate of drug-likeness (QED) is 0.373. The van der Waals surface area contributed by atoms with E-state index in [1.54, 1.807) is 18.1 Å². The van der Waals surface area contributed by atoms with Crippen molar-refractivity contribution in [3.05, 3.63) is 109 Å². The number of fused-ring (bicyclic) bond motifs is 2. The van der Waals surface area contributed by atoms with Gasteiger partial charge in [0.05, 0.1) is 24.1 Å². The number of aryl methyl sites for hydroxylation is 1. The minimum absolute atomic E-state index is 0.116. The molecule has 0 radical (unpaired) electrons. The molecule has 1 aliphatic heterocycles. The minimum atomic E-state index is -0.543. The fourth-order valence-electron chi connectivity index (χ4n) is 4.25. The molecule has 0 saturated carbocycles. The van der Waals surface area contributed by atoms with Gasteiger partial charge in [-0.05, 0) is 54.4 Å². The smallest absolute Gasteiger partial charge is 0.291 e. The number of methoxy groups -OCH3 is 1. The van der Waals surface area contributed by atoms with Gasteiger partial charge in [0.15, 0.2) is 5.43 Å². The highest BCUT2D eigenvalue weighted by Gasteiger charge is 2.42. The molecule has 1 unspecified atom stereocenters. The van der Waals surface area contributed by atoms with Crippen molar-refractivity contribution in [3.63, 3.8) is 0 Å². The summed E-state index contributed by atoms with van der Waals surface area (Å²) in [5, 5.41) is 0.489. The number of carbonyl (C=O) groups is 1. The zero-order valence-electron chi connectivity index (χ0n) is 17.6. The van der Waals surface area contributed by atoms with E-state index in [4.69, 9.17) is 9.15 Å². The predicted octanol–water partition coefficient (Wildman–Crippen LogP) is 5.62. The van der Waals surface area contributed by atoms with Crippen molar-refractivity contribution in [3.8, 4) is 5.75 Å². The zero-order valence-corrected chi connectivity index (χ0v) is 19.2. The zero-order chi connectivity index (χ0) is 22.4. The standard InChI is InChI=1S/C26H20BrNO4/c1-15-6-11-21-20(12-15)24(29)22-23(17-4-3-5-18(27)13-17)28(26(30)25(22)32-21)14-16-7-9-19(31-2)10-8-16/h3-13,23H,14H2,1-2H3. The highest BCUT2D eigenvalue weighted by Crippen LogP contribution is 2.39. The van der Waals surface area contributed by atoms with Crippen molar-refractivity contribution in [1.82, 2.24) is 4.90 Å². The largest absolute Gasteiger partial charge is 0.497 e. The van der Waals surface area contributed by atoms with Gasteiger partial charge >= 0.3 is 0 Å². The normalized spacial score (nSPS) is 15.3. The lowest BCUT2D eigenvalue weighted by molar-refractivity contribution is 0.0714. The highest BCUT2D eigenvalue weighted by molar-refractivity contribution is 9.10.